The maximum absolute atomic E-state index is 5.95. The third-order valence-corrected chi connectivity index (χ3v) is 4.33. The Hall–Kier alpha value is -1.10. The highest BCUT2D eigenvalue weighted by atomic mass is 79.9. The average molecular weight is 335 g/mol. The Bertz CT molecular complexity index is 556. The van der Waals surface area contributed by atoms with Crippen molar-refractivity contribution in [2.45, 2.75) is 25.4 Å². The third kappa shape index (κ3) is 3.32. The first-order valence-corrected chi connectivity index (χ1v) is 7.82. The Kier molecular flexibility index (Phi) is 4.24. The van der Waals surface area contributed by atoms with Gasteiger partial charge >= 0.3 is 0 Å². The third-order valence-electron chi connectivity index (χ3n) is 3.80. The van der Waals surface area contributed by atoms with E-state index in [1.165, 1.54) is 0 Å². The van der Waals surface area contributed by atoms with Crippen LogP contribution in [0.4, 0.5) is 0 Å². The predicted octanol–water partition coefficient (Wildman–Crippen LogP) is 3.63. The molecule has 3 rings (SSSR count). The fourth-order valence-corrected chi connectivity index (χ4v) is 2.83. The van der Waals surface area contributed by atoms with E-state index in [1.54, 1.807) is 0 Å². The molecule has 0 radical (unpaired) electrons. The first kappa shape index (κ1) is 13.9. The molecule has 1 saturated heterocycles. The number of nitrogens with two attached hydrogens (primary N) is 1. The van der Waals surface area contributed by atoms with Crippen LogP contribution < -0.4 is 5.73 Å². The lowest BCUT2D eigenvalue weighted by molar-refractivity contribution is 0.192. The van der Waals surface area contributed by atoms with E-state index in [0.29, 0.717) is 6.04 Å². The number of hydrogen-bond acceptors (Lipinski definition) is 3. The highest BCUT2D eigenvalue weighted by Crippen LogP contribution is 2.25. The van der Waals surface area contributed by atoms with Crippen LogP contribution in [0.2, 0.25) is 0 Å². The van der Waals surface area contributed by atoms with Gasteiger partial charge in [0.05, 0.1) is 6.54 Å². The molecular weight excluding hydrogens is 316 g/mol. The summed E-state index contributed by atoms with van der Waals surface area (Å²) in [6.07, 6.45) is 2.17. The summed E-state index contributed by atoms with van der Waals surface area (Å²) >= 11 is 3.45. The summed E-state index contributed by atoms with van der Waals surface area (Å²) in [6.45, 7) is 3.01. The number of furan rings is 1. The molecule has 0 unspecified atom stereocenters. The Labute approximate surface area is 127 Å². The van der Waals surface area contributed by atoms with Crippen molar-refractivity contribution in [3.8, 4) is 11.3 Å². The molecular formula is C16H19BrN2O. The Morgan fingerprint density at radius 1 is 1.10 bits per heavy atom. The van der Waals surface area contributed by atoms with Crippen molar-refractivity contribution >= 4 is 15.9 Å². The molecule has 0 atom stereocenters. The molecule has 1 aromatic carbocycles. The van der Waals surface area contributed by atoms with Gasteiger partial charge in [-0.15, -0.1) is 0 Å². The van der Waals surface area contributed by atoms with E-state index in [4.69, 9.17) is 10.2 Å². The zero-order valence-electron chi connectivity index (χ0n) is 11.4. The molecule has 0 amide bonds. The monoisotopic (exact) mass is 334 g/mol. The van der Waals surface area contributed by atoms with E-state index >= 15 is 0 Å². The lowest BCUT2D eigenvalue weighted by Gasteiger charge is -2.29. The van der Waals surface area contributed by atoms with Gasteiger partial charge in [0, 0.05) is 29.2 Å². The van der Waals surface area contributed by atoms with Crippen molar-refractivity contribution in [1.82, 2.24) is 4.90 Å². The predicted molar refractivity (Wildman–Crippen MR) is 84.3 cm³/mol. The summed E-state index contributed by atoms with van der Waals surface area (Å²) in [4.78, 5) is 2.41. The number of hydrogen-bond donors (Lipinski definition) is 1. The van der Waals surface area contributed by atoms with Gasteiger partial charge in [-0.3, -0.25) is 4.90 Å². The Morgan fingerprint density at radius 2 is 1.80 bits per heavy atom. The van der Waals surface area contributed by atoms with Crippen LogP contribution in [-0.4, -0.2) is 24.0 Å². The second-order valence-corrected chi connectivity index (χ2v) is 6.30. The van der Waals surface area contributed by atoms with Crippen LogP contribution in [-0.2, 0) is 6.54 Å². The van der Waals surface area contributed by atoms with Crippen molar-refractivity contribution < 1.29 is 4.42 Å². The van der Waals surface area contributed by atoms with Crippen molar-refractivity contribution in [2.75, 3.05) is 13.1 Å². The van der Waals surface area contributed by atoms with Crippen LogP contribution in [0, 0.1) is 0 Å². The largest absolute Gasteiger partial charge is 0.460 e. The molecule has 2 aromatic rings. The van der Waals surface area contributed by atoms with E-state index in [9.17, 15) is 0 Å². The topological polar surface area (TPSA) is 42.4 Å². The van der Waals surface area contributed by atoms with E-state index in [2.05, 4.69) is 39.0 Å². The smallest absolute Gasteiger partial charge is 0.134 e. The minimum Gasteiger partial charge on any atom is -0.460 e. The van der Waals surface area contributed by atoms with Gasteiger partial charge in [0.2, 0.25) is 0 Å². The Balaban J connectivity index is 1.66. The summed E-state index contributed by atoms with van der Waals surface area (Å²) in [6, 6.07) is 12.7. The molecule has 1 aliphatic heterocycles. The highest BCUT2D eigenvalue weighted by molar-refractivity contribution is 9.10. The molecule has 2 N–H and O–H groups in total. The summed E-state index contributed by atoms with van der Waals surface area (Å²) < 4.78 is 7.03. The normalized spacial score (nSPS) is 17.5. The number of rotatable bonds is 3. The van der Waals surface area contributed by atoms with Crippen molar-refractivity contribution in [1.29, 1.82) is 0 Å². The molecule has 1 fully saturated rings. The van der Waals surface area contributed by atoms with Gasteiger partial charge in [-0.1, -0.05) is 28.1 Å². The van der Waals surface area contributed by atoms with Crippen LogP contribution >= 0.6 is 15.9 Å². The minimum absolute atomic E-state index is 0.376. The molecule has 2 heterocycles. The lowest BCUT2D eigenvalue weighted by atomic mass is 10.1. The SMILES string of the molecule is NC1CCN(Cc2ccc(-c3ccc(Br)cc3)o2)CC1. The second-order valence-electron chi connectivity index (χ2n) is 5.39. The summed E-state index contributed by atoms with van der Waals surface area (Å²) in [5.41, 5.74) is 7.04. The molecule has 0 bridgehead atoms. The molecule has 0 saturated carbocycles. The van der Waals surface area contributed by atoms with Gasteiger partial charge in [0.15, 0.2) is 0 Å². The van der Waals surface area contributed by atoms with Gasteiger partial charge < -0.3 is 10.2 Å². The molecule has 0 aliphatic carbocycles. The van der Waals surface area contributed by atoms with E-state index in [0.717, 1.165) is 54.0 Å². The van der Waals surface area contributed by atoms with Crippen LogP contribution in [0.1, 0.15) is 18.6 Å². The van der Waals surface area contributed by atoms with Crippen molar-refractivity contribution in [2.24, 2.45) is 5.73 Å². The number of piperidine rings is 1. The van der Waals surface area contributed by atoms with Crippen LogP contribution in [0.25, 0.3) is 11.3 Å². The molecule has 106 valence electrons. The lowest BCUT2D eigenvalue weighted by Crippen LogP contribution is -2.39. The number of benzene rings is 1. The summed E-state index contributed by atoms with van der Waals surface area (Å²) in [7, 11) is 0. The van der Waals surface area contributed by atoms with Gasteiger partial charge in [0.25, 0.3) is 0 Å². The number of likely N-dealkylation sites (tertiary alicyclic amines) is 1. The maximum Gasteiger partial charge on any atom is 0.134 e. The first-order chi connectivity index (χ1) is 9.70. The second kappa shape index (κ2) is 6.12. The molecule has 4 heteroatoms. The van der Waals surface area contributed by atoms with Gasteiger partial charge in [0.1, 0.15) is 11.5 Å². The maximum atomic E-state index is 5.95. The highest BCUT2D eigenvalue weighted by Gasteiger charge is 2.17. The van der Waals surface area contributed by atoms with Crippen molar-refractivity contribution in [3.05, 3.63) is 46.6 Å². The molecule has 0 spiro atoms. The van der Waals surface area contributed by atoms with E-state index < -0.39 is 0 Å². The fourth-order valence-electron chi connectivity index (χ4n) is 2.56. The molecule has 20 heavy (non-hydrogen) atoms. The quantitative estimate of drug-likeness (QED) is 0.931. The van der Waals surface area contributed by atoms with Gasteiger partial charge in [-0.2, -0.15) is 0 Å². The van der Waals surface area contributed by atoms with E-state index in [1.807, 2.05) is 18.2 Å². The van der Waals surface area contributed by atoms with Gasteiger partial charge in [-0.05, 0) is 37.1 Å². The summed E-state index contributed by atoms with van der Waals surface area (Å²) in [5.74, 6) is 1.96. The average Bonchev–Trinajstić information content (AvgIpc) is 2.91. The van der Waals surface area contributed by atoms with E-state index in [-0.39, 0.29) is 0 Å². The van der Waals surface area contributed by atoms with Gasteiger partial charge in [-0.25, -0.2) is 0 Å². The van der Waals surface area contributed by atoms with Crippen LogP contribution in [0.3, 0.4) is 0 Å². The zero-order valence-corrected chi connectivity index (χ0v) is 13.0. The minimum atomic E-state index is 0.376. The van der Waals surface area contributed by atoms with Crippen LogP contribution in [0.5, 0.6) is 0 Å². The molecule has 1 aromatic heterocycles. The number of nitrogens with zero attached hydrogens (tertiary/aromatic N) is 1. The molecule has 1 aliphatic rings. The molecule has 3 nitrogen and oxygen atoms in total. The van der Waals surface area contributed by atoms with Crippen LogP contribution in [0.15, 0.2) is 45.3 Å². The van der Waals surface area contributed by atoms with Crippen molar-refractivity contribution in [3.63, 3.8) is 0 Å². The fraction of sp³-hybridized carbons (Fsp3) is 0.375. The Morgan fingerprint density at radius 3 is 2.50 bits per heavy atom. The zero-order chi connectivity index (χ0) is 13.9. The standard InChI is InChI=1S/C16H19BrN2O/c17-13-3-1-12(2-4-13)16-6-5-15(20-16)11-19-9-7-14(18)8-10-19/h1-6,14H,7-11,18H2. The summed E-state index contributed by atoms with van der Waals surface area (Å²) in [5, 5.41) is 0. The first-order valence-electron chi connectivity index (χ1n) is 7.03. The number of halogens is 1.